The normalized spacial score (nSPS) is 10.7. The van der Waals surface area contributed by atoms with Gasteiger partial charge in [0.2, 0.25) is 11.7 Å². The van der Waals surface area contributed by atoms with Crippen LogP contribution in [-0.4, -0.2) is 21.7 Å². The Morgan fingerprint density at radius 2 is 2.04 bits per heavy atom. The highest BCUT2D eigenvalue weighted by Crippen LogP contribution is 2.27. The summed E-state index contributed by atoms with van der Waals surface area (Å²) in [6.45, 7) is 0.413. The van der Waals surface area contributed by atoms with Crippen molar-refractivity contribution < 1.29 is 14.2 Å². The van der Waals surface area contributed by atoms with Crippen molar-refractivity contribution in [1.29, 1.82) is 0 Å². The predicted octanol–water partition coefficient (Wildman–Crippen LogP) is 4.96. The van der Waals surface area contributed by atoms with Gasteiger partial charge in [0.15, 0.2) is 0 Å². The molecule has 0 radical (unpaired) electrons. The van der Waals surface area contributed by atoms with E-state index in [-0.39, 0.29) is 5.69 Å². The zero-order valence-electron chi connectivity index (χ0n) is 13.4. The molecule has 0 spiro atoms. The first-order valence-electron chi connectivity index (χ1n) is 7.68. The van der Waals surface area contributed by atoms with Gasteiger partial charge in [-0.1, -0.05) is 40.5 Å². The Balaban J connectivity index is 1.55. The summed E-state index contributed by atoms with van der Waals surface area (Å²) in [5.74, 6) is 1.29. The van der Waals surface area contributed by atoms with E-state index in [9.17, 15) is 10.1 Å². The molecule has 0 N–H and O–H groups in total. The van der Waals surface area contributed by atoms with E-state index in [1.54, 1.807) is 30.3 Å². The number of aromatic nitrogens is 2. The van der Waals surface area contributed by atoms with Crippen LogP contribution in [0.2, 0.25) is 10.0 Å². The number of hydrogen-bond donors (Lipinski definition) is 0. The minimum atomic E-state index is -0.469. The van der Waals surface area contributed by atoms with E-state index in [0.29, 0.717) is 52.5 Å². The van der Waals surface area contributed by atoms with E-state index in [1.165, 1.54) is 12.1 Å². The lowest BCUT2D eigenvalue weighted by Gasteiger charge is -2.07. The molecule has 0 aliphatic heterocycles. The van der Waals surface area contributed by atoms with Crippen molar-refractivity contribution in [1.82, 2.24) is 10.1 Å². The third-order valence-electron chi connectivity index (χ3n) is 3.47. The lowest BCUT2D eigenvalue weighted by Crippen LogP contribution is -2.00. The van der Waals surface area contributed by atoms with Crippen molar-refractivity contribution in [2.24, 2.45) is 0 Å². The standard InChI is InChI=1S/C17H13Cl2N3O4/c18-12-6-7-15(14(19)10-12)25-8-2-5-16-20-17(21-26-16)11-3-1-4-13(9-11)22(23)24/h1,3-4,6-7,9-10H,2,5,8H2. The molecule has 26 heavy (non-hydrogen) atoms. The van der Waals surface area contributed by atoms with Gasteiger partial charge in [-0.3, -0.25) is 10.1 Å². The van der Waals surface area contributed by atoms with Gasteiger partial charge in [-0.15, -0.1) is 0 Å². The first-order chi connectivity index (χ1) is 12.5. The molecule has 3 aromatic rings. The lowest BCUT2D eigenvalue weighted by molar-refractivity contribution is -0.384. The van der Waals surface area contributed by atoms with Crippen LogP contribution < -0.4 is 4.74 Å². The molecular weight excluding hydrogens is 381 g/mol. The number of non-ortho nitro benzene ring substituents is 1. The highest BCUT2D eigenvalue weighted by atomic mass is 35.5. The minimum absolute atomic E-state index is 0.0258. The highest BCUT2D eigenvalue weighted by molar-refractivity contribution is 6.35. The van der Waals surface area contributed by atoms with Crippen molar-refractivity contribution in [3.8, 4) is 17.1 Å². The van der Waals surface area contributed by atoms with Crippen LogP contribution in [0.4, 0.5) is 5.69 Å². The van der Waals surface area contributed by atoms with Gasteiger partial charge in [-0.2, -0.15) is 4.98 Å². The van der Waals surface area contributed by atoms with E-state index >= 15 is 0 Å². The number of nitrogens with zero attached hydrogens (tertiary/aromatic N) is 3. The molecule has 3 rings (SSSR count). The van der Waals surface area contributed by atoms with Crippen molar-refractivity contribution in [2.45, 2.75) is 12.8 Å². The SMILES string of the molecule is O=[N+]([O-])c1cccc(-c2noc(CCCOc3ccc(Cl)cc3Cl)n2)c1. The van der Waals surface area contributed by atoms with Crippen LogP contribution in [0.3, 0.4) is 0 Å². The number of halogens is 2. The second kappa shape index (κ2) is 8.16. The van der Waals surface area contributed by atoms with Crippen LogP contribution in [0.25, 0.3) is 11.4 Å². The van der Waals surface area contributed by atoms with Crippen LogP contribution in [0.5, 0.6) is 5.75 Å². The van der Waals surface area contributed by atoms with Gasteiger partial charge in [0, 0.05) is 29.1 Å². The molecular formula is C17H13Cl2N3O4. The second-order valence-electron chi connectivity index (χ2n) is 5.35. The lowest BCUT2D eigenvalue weighted by atomic mass is 10.2. The summed E-state index contributed by atoms with van der Waals surface area (Å²) in [7, 11) is 0. The Morgan fingerprint density at radius 1 is 1.19 bits per heavy atom. The smallest absolute Gasteiger partial charge is 0.270 e. The van der Waals surface area contributed by atoms with E-state index < -0.39 is 4.92 Å². The Bertz CT molecular complexity index is 930. The first kappa shape index (κ1) is 18.2. The van der Waals surface area contributed by atoms with E-state index in [0.717, 1.165) is 0 Å². The minimum Gasteiger partial charge on any atom is -0.492 e. The third-order valence-corrected chi connectivity index (χ3v) is 4.00. The molecule has 0 amide bonds. The Kier molecular flexibility index (Phi) is 5.70. The molecule has 0 saturated heterocycles. The average molecular weight is 394 g/mol. The largest absolute Gasteiger partial charge is 0.492 e. The summed E-state index contributed by atoms with van der Waals surface area (Å²) in [5, 5.41) is 15.7. The molecule has 0 aliphatic carbocycles. The fourth-order valence-electron chi connectivity index (χ4n) is 2.23. The molecule has 134 valence electrons. The molecule has 9 heteroatoms. The van der Waals surface area contributed by atoms with Crippen molar-refractivity contribution in [3.63, 3.8) is 0 Å². The molecule has 0 atom stereocenters. The van der Waals surface area contributed by atoms with Gasteiger partial charge < -0.3 is 9.26 Å². The maximum atomic E-state index is 10.8. The molecule has 0 aliphatic rings. The summed E-state index contributed by atoms with van der Waals surface area (Å²) < 4.78 is 10.8. The average Bonchev–Trinajstić information content (AvgIpc) is 3.09. The maximum absolute atomic E-state index is 10.8. The number of nitro groups is 1. The van der Waals surface area contributed by atoms with Gasteiger partial charge in [0.05, 0.1) is 16.6 Å². The summed E-state index contributed by atoms with van der Waals surface area (Å²) in [6, 6.07) is 11.1. The Morgan fingerprint density at radius 3 is 2.81 bits per heavy atom. The summed E-state index contributed by atoms with van der Waals surface area (Å²) >= 11 is 11.9. The first-order valence-corrected chi connectivity index (χ1v) is 8.44. The number of rotatable bonds is 7. The second-order valence-corrected chi connectivity index (χ2v) is 6.19. The fraction of sp³-hybridized carbons (Fsp3) is 0.176. The van der Waals surface area contributed by atoms with Crippen LogP contribution in [-0.2, 0) is 6.42 Å². The zero-order valence-corrected chi connectivity index (χ0v) is 14.9. The van der Waals surface area contributed by atoms with Crippen molar-refractivity contribution in [2.75, 3.05) is 6.61 Å². The number of hydrogen-bond acceptors (Lipinski definition) is 6. The van der Waals surface area contributed by atoms with Gasteiger partial charge in [-0.05, 0) is 24.6 Å². The van der Waals surface area contributed by atoms with E-state index in [2.05, 4.69) is 10.1 Å². The molecule has 0 fully saturated rings. The number of nitro benzene ring substituents is 1. The maximum Gasteiger partial charge on any atom is 0.270 e. The monoisotopic (exact) mass is 393 g/mol. The van der Waals surface area contributed by atoms with Crippen LogP contribution in [0, 0.1) is 10.1 Å². The van der Waals surface area contributed by atoms with Gasteiger partial charge in [0.25, 0.3) is 5.69 Å². The fourth-order valence-corrected chi connectivity index (χ4v) is 2.69. The Labute approximate surface area is 158 Å². The predicted molar refractivity (Wildman–Crippen MR) is 96.7 cm³/mol. The third kappa shape index (κ3) is 4.50. The zero-order chi connectivity index (χ0) is 18.5. The Hall–Kier alpha value is -2.64. The van der Waals surface area contributed by atoms with Crippen molar-refractivity contribution >= 4 is 28.9 Å². The topological polar surface area (TPSA) is 91.3 Å². The van der Waals surface area contributed by atoms with Gasteiger partial charge >= 0.3 is 0 Å². The number of aryl methyl sites for hydroxylation is 1. The van der Waals surface area contributed by atoms with Crippen LogP contribution >= 0.6 is 23.2 Å². The van der Waals surface area contributed by atoms with Crippen LogP contribution in [0.15, 0.2) is 47.0 Å². The van der Waals surface area contributed by atoms with E-state index in [4.69, 9.17) is 32.5 Å². The number of ether oxygens (including phenoxy) is 1. The van der Waals surface area contributed by atoms with Gasteiger partial charge in [-0.25, -0.2) is 0 Å². The van der Waals surface area contributed by atoms with Crippen molar-refractivity contribution in [3.05, 3.63) is 68.5 Å². The summed E-state index contributed by atoms with van der Waals surface area (Å²) in [6.07, 6.45) is 1.14. The molecule has 0 unspecified atom stereocenters. The molecule has 1 aromatic heterocycles. The quantitative estimate of drug-likeness (QED) is 0.319. The summed E-state index contributed by atoms with van der Waals surface area (Å²) in [4.78, 5) is 14.6. The highest BCUT2D eigenvalue weighted by Gasteiger charge is 2.12. The summed E-state index contributed by atoms with van der Waals surface area (Å²) in [5.41, 5.74) is 0.500. The molecule has 1 heterocycles. The molecule has 2 aromatic carbocycles. The molecule has 0 bridgehead atoms. The molecule has 7 nitrogen and oxygen atoms in total. The van der Waals surface area contributed by atoms with Crippen LogP contribution in [0.1, 0.15) is 12.3 Å². The van der Waals surface area contributed by atoms with Gasteiger partial charge in [0.1, 0.15) is 5.75 Å². The number of benzene rings is 2. The van der Waals surface area contributed by atoms with E-state index in [1.807, 2.05) is 0 Å². The molecule has 0 saturated carbocycles.